The zero-order valence-corrected chi connectivity index (χ0v) is 16.4. The summed E-state index contributed by atoms with van der Waals surface area (Å²) < 4.78 is 18.0. The topological polar surface area (TPSA) is 71.9 Å². The van der Waals surface area contributed by atoms with Crippen LogP contribution in [-0.2, 0) is 16.0 Å². The molecule has 2 amide bonds. The molecule has 3 N–H and O–H groups in total. The molecule has 1 unspecified atom stereocenters. The van der Waals surface area contributed by atoms with Crippen molar-refractivity contribution in [3.05, 3.63) is 59.9 Å². The highest BCUT2D eigenvalue weighted by Crippen LogP contribution is 2.14. The van der Waals surface area contributed by atoms with Gasteiger partial charge in [-0.05, 0) is 55.3 Å². The average Bonchev–Trinajstić information content (AvgIpc) is 2.69. The Morgan fingerprint density at radius 3 is 2.36 bits per heavy atom. The fourth-order valence-corrected chi connectivity index (χ4v) is 2.64. The molecule has 0 aromatic heterocycles. The van der Waals surface area contributed by atoms with Gasteiger partial charge in [0.05, 0.1) is 14.2 Å². The highest BCUT2D eigenvalue weighted by atomic mass is 19.1. The number of quaternary nitrogens is 1. The molecule has 2 atom stereocenters. The van der Waals surface area contributed by atoms with Crippen molar-refractivity contribution in [1.29, 1.82) is 0 Å². The van der Waals surface area contributed by atoms with Crippen LogP contribution in [0.5, 0.6) is 5.75 Å². The van der Waals surface area contributed by atoms with Crippen molar-refractivity contribution in [1.82, 2.24) is 5.32 Å². The molecule has 0 heterocycles. The molecule has 0 bridgehead atoms. The van der Waals surface area contributed by atoms with E-state index in [1.54, 1.807) is 57.5 Å². The second-order valence-corrected chi connectivity index (χ2v) is 6.69. The summed E-state index contributed by atoms with van der Waals surface area (Å²) in [4.78, 5) is 25.3. The normalized spacial score (nSPS) is 12.7. The monoisotopic (exact) mass is 388 g/mol. The maximum atomic E-state index is 12.9. The maximum Gasteiger partial charge on any atom is 0.279 e. The van der Waals surface area contributed by atoms with Gasteiger partial charge in [0, 0.05) is 12.2 Å². The molecule has 0 spiro atoms. The molecular formula is C21H27FN3O3+. The predicted molar refractivity (Wildman–Crippen MR) is 106 cm³/mol. The van der Waals surface area contributed by atoms with Gasteiger partial charge in [0.25, 0.3) is 11.8 Å². The van der Waals surface area contributed by atoms with E-state index in [4.69, 9.17) is 4.74 Å². The van der Waals surface area contributed by atoms with Crippen LogP contribution in [0, 0.1) is 5.82 Å². The number of carbonyl (C=O) groups excluding carboxylic acids is 2. The first kappa shape index (κ1) is 21.4. The maximum absolute atomic E-state index is 12.9. The Labute approximate surface area is 164 Å². The van der Waals surface area contributed by atoms with Gasteiger partial charge < -0.3 is 20.3 Å². The van der Waals surface area contributed by atoms with Crippen molar-refractivity contribution in [2.45, 2.75) is 19.4 Å². The number of anilines is 1. The van der Waals surface area contributed by atoms with Crippen molar-refractivity contribution < 1.29 is 23.6 Å². The van der Waals surface area contributed by atoms with Gasteiger partial charge in [0.1, 0.15) is 11.6 Å². The molecule has 0 aliphatic heterocycles. The first-order chi connectivity index (χ1) is 13.4. The van der Waals surface area contributed by atoms with Crippen molar-refractivity contribution >= 4 is 17.5 Å². The molecule has 7 heteroatoms. The Morgan fingerprint density at radius 2 is 1.75 bits per heavy atom. The second kappa shape index (κ2) is 10.4. The minimum Gasteiger partial charge on any atom is -0.497 e. The fraction of sp³-hybridized carbons (Fsp3) is 0.333. The SMILES string of the molecule is COc1ccc(NC(=O)C[NH+](C)[C@H](C)C(=O)NCCc2ccc(F)cc2)cc1. The van der Waals surface area contributed by atoms with E-state index in [2.05, 4.69) is 10.6 Å². The molecule has 0 radical (unpaired) electrons. The van der Waals surface area contributed by atoms with Gasteiger partial charge in [0.2, 0.25) is 0 Å². The van der Waals surface area contributed by atoms with E-state index in [1.807, 2.05) is 0 Å². The first-order valence-electron chi connectivity index (χ1n) is 9.17. The van der Waals surface area contributed by atoms with Crippen molar-refractivity contribution in [2.75, 3.05) is 32.6 Å². The van der Waals surface area contributed by atoms with E-state index in [0.29, 0.717) is 24.4 Å². The predicted octanol–water partition coefficient (Wildman–Crippen LogP) is 1.03. The number of rotatable bonds is 9. The number of nitrogens with one attached hydrogen (secondary N) is 3. The van der Waals surface area contributed by atoms with Gasteiger partial charge in [-0.15, -0.1) is 0 Å². The van der Waals surface area contributed by atoms with E-state index in [-0.39, 0.29) is 30.2 Å². The number of likely N-dealkylation sites (N-methyl/N-ethyl adjacent to an activating group) is 1. The molecule has 0 saturated heterocycles. The van der Waals surface area contributed by atoms with Gasteiger partial charge in [0.15, 0.2) is 12.6 Å². The molecule has 28 heavy (non-hydrogen) atoms. The number of hydrogen-bond acceptors (Lipinski definition) is 3. The van der Waals surface area contributed by atoms with Crippen LogP contribution in [0.2, 0.25) is 0 Å². The fourth-order valence-electron chi connectivity index (χ4n) is 2.64. The Bertz CT molecular complexity index is 778. The van der Waals surface area contributed by atoms with Crippen LogP contribution in [0.15, 0.2) is 48.5 Å². The minimum atomic E-state index is -0.380. The highest BCUT2D eigenvalue weighted by Gasteiger charge is 2.23. The lowest BCUT2D eigenvalue weighted by Gasteiger charge is -2.20. The standard InChI is InChI=1S/C21H26FN3O3/c1-15(21(27)23-13-12-16-4-6-17(22)7-5-16)25(2)14-20(26)24-18-8-10-19(28-3)11-9-18/h4-11,15H,12-14H2,1-3H3,(H,23,27)(H,24,26)/p+1/t15-/m1/s1. The zero-order chi connectivity index (χ0) is 20.5. The number of amides is 2. The quantitative estimate of drug-likeness (QED) is 0.601. The molecule has 150 valence electrons. The Kier molecular flexibility index (Phi) is 7.95. The van der Waals surface area contributed by atoms with Gasteiger partial charge in [-0.25, -0.2) is 4.39 Å². The average molecular weight is 388 g/mol. The largest absolute Gasteiger partial charge is 0.497 e. The zero-order valence-electron chi connectivity index (χ0n) is 16.4. The molecule has 2 aromatic rings. The minimum absolute atomic E-state index is 0.128. The van der Waals surface area contributed by atoms with Gasteiger partial charge in [-0.2, -0.15) is 0 Å². The number of benzene rings is 2. The second-order valence-electron chi connectivity index (χ2n) is 6.69. The summed E-state index contributed by atoms with van der Waals surface area (Å²) in [5.41, 5.74) is 1.63. The summed E-state index contributed by atoms with van der Waals surface area (Å²) in [6.07, 6.45) is 0.621. The van der Waals surface area contributed by atoms with Crippen LogP contribution in [0.4, 0.5) is 10.1 Å². The van der Waals surface area contributed by atoms with Gasteiger partial charge in [-0.1, -0.05) is 12.1 Å². The molecule has 0 aliphatic carbocycles. The smallest absolute Gasteiger partial charge is 0.279 e. The third-order valence-electron chi connectivity index (χ3n) is 4.57. The number of ether oxygens (including phenoxy) is 1. The summed E-state index contributed by atoms with van der Waals surface area (Å²) in [5.74, 6) is 0.136. The summed E-state index contributed by atoms with van der Waals surface area (Å²) in [6.45, 7) is 2.40. The molecule has 0 saturated carbocycles. The summed E-state index contributed by atoms with van der Waals surface area (Å²) in [6, 6.07) is 12.9. The lowest BCUT2D eigenvalue weighted by atomic mass is 10.1. The lowest BCUT2D eigenvalue weighted by molar-refractivity contribution is -0.885. The molecule has 6 nitrogen and oxygen atoms in total. The Hall–Kier alpha value is -2.93. The van der Waals surface area contributed by atoms with Crippen LogP contribution in [0.3, 0.4) is 0 Å². The highest BCUT2D eigenvalue weighted by molar-refractivity contribution is 5.91. The molecule has 2 rings (SSSR count). The van der Waals surface area contributed by atoms with Crippen LogP contribution < -0.4 is 20.3 Å². The summed E-state index contributed by atoms with van der Waals surface area (Å²) in [7, 11) is 3.38. The summed E-state index contributed by atoms with van der Waals surface area (Å²) in [5, 5.41) is 5.67. The third kappa shape index (κ3) is 6.66. The van der Waals surface area contributed by atoms with Crippen LogP contribution in [-0.4, -0.2) is 45.1 Å². The van der Waals surface area contributed by atoms with Crippen LogP contribution in [0.1, 0.15) is 12.5 Å². The first-order valence-corrected chi connectivity index (χ1v) is 9.17. The van der Waals surface area contributed by atoms with Crippen molar-refractivity contribution in [3.8, 4) is 5.75 Å². The number of halogens is 1. The van der Waals surface area contributed by atoms with E-state index in [9.17, 15) is 14.0 Å². The van der Waals surface area contributed by atoms with Crippen LogP contribution in [0.25, 0.3) is 0 Å². The number of carbonyl (C=O) groups is 2. The van der Waals surface area contributed by atoms with Crippen molar-refractivity contribution in [3.63, 3.8) is 0 Å². The van der Waals surface area contributed by atoms with Crippen LogP contribution >= 0.6 is 0 Å². The third-order valence-corrected chi connectivity index (χ3v) is 4.57. The van der Waals surface area contributed by atoms with Crippen molar-refractivity contribution in [2.24, 2.45) is 0 Å². The number of hydrogen-bond donors (Lipinski definition) is 3. The number of methoxy groups -OCH3 is 1. The molecule has 2 aromatic carbocycles. The Balaban J connectivity index is 1.75. The Morgan fingerprint density at radius 1 is 1.11 bits per heavy atom. The van der Waals surface area contributed by atoms with E-state index in [0.717, 1.165) is 10.5 Å². The molecular weight excluding hydrogens is 361 g/mol. The van der Waals surface area contributed by atoms with E-state index < -0.39 is 0 Å². The van der Waals surface area contributed by atoms with E-state index in [1.165, 1.54) is 12.1 Å². The molecule has 0 aliphatic rings. The molecule has 0 fully saturated rings. The van der Waals surface area contributed by atoms with Gasteiger partial charge >= 0.3 is 0 Å². The van der Waals surface area contributed by atoms with Gasteiger partial charge in [-0.3, -0.25) is 9.59 Å². The summed E-state index contributed by atoms with van der Waals surface area (Å²) >= 11 is 0. The van der Waals surface area contributed by atoms with E-state index >= 15 is 0 Å². The lowest BCUT2D eigenvalue weighted by Crippen LogP contribution is -3.15.